The van der Waals surface area contributed by atoms with Crippen molar-refractivity contribution >= 4 is 5.91 Å². The second-order valence-corrected chi connectivity index (χ2v) is 5.44. The van der Waals surface area contributed by atoms with Crippen LogP contribution in [0.5, 0.6) is 11.5 Å². The maximum absolute atomic E-state index is 12.7. The fourth-order valence-corrected chi connectivity index (χ4v) is 2.18. The first-order valence-electron chi connectivity index (χ1n) is 7.62. The summed E-state index contributed by atoms with van der Waals surface area (Å²) in [6.45, 7) is 8.39. The number of benzene rings is 1. The lowest BCUT2D eigenvalue weighted by atomic mass is 10.1. The quantitative estimate of drug-likeness (QED) is 0.704. The highest BCUT2D eigenvalue weighted by molar-refractivity contribution is 5.95. The van der Waals surface area contributed by atoms with Gasteiger partial charge < -0.3 is 19.1 Å². The van der Waals surface area contributed by atoms with Crippen LogP contribution in [-0.2, 0) is 4.74 Å². The summed E-state index contributed by atoms with van der Waals surface area (Å²) in [5.41, 5.74) is 0.598. The highest BCUT2D eigenvalue weighted by atomic mass is 16.5. The molecule has 0 heterocycles. The molecule has 1 amide bonds. The first-order chi connectivity index (χ1) is 10.5. The van der Waals surface area contributed by atoms with Crippen molar-refractivity contribution in [1.29, 1.82) is 0 Å². The van der Waals surface area contributed by atoms with Crippen molar-refractivity contribution < 1.29 is 19.0 Å². The SMILES string of the molecule is CCOc1cc(C(=O)N(CCOC)CC(C)C)ccc1OC. The van der Waals surface area contributed by atoms with E-state index in [1.807, 2.05) is 11.8 Å². The molecular weight excluding hydrogens is 282 g/mol. The van der Waals surface area contributed by atoms with Crippen LogP contribution in [0, 0.1) is 5.92 Å². The third-order valence-corrected chi connectivity index (χ3v) is 3.15. The summed E-state index contributed by atoms with van der Waals surface area (Å²) in [4.78, 5) is 14.5. The van der Waals surface area contributed by atoms with Gasteiger partial charge in [-0.15, -0.1) is 0 Å². The van der Waals surface area contributed by atoms with Gasteiger partial charge in [0, 0.05) is 25.8 Å². The molecule has 5 nitrogen and oxygen atoms in total. The molecule has 0 atom stereocenters. The third kappa shape index (κ3) is 5.22. The topological polar surface area (TPSA) is 48.0 Å². The van der Waals surface area contributed by atoms with E-state index in [0.717, 1.165) is 0 Å². The zero-order valence-electron chi connectivity index (χ0n) is 14.2. The van der Waals surface area contributed by atoms with Gasteiger partial charge in [0.15, 0.2) is 11.5 Å². The summed E-state index contributed by atoms with van der Waals surface area (Å²) in [6.07, 6.45) is 0. The number of nitrogens with zero attached hydrogens (tertiary/aromatic N) is 1. The van der Waals surface area contributed by atoms with Gasteiger partial charge >= 0.3 is 0 Å². The normalized spacial score (nSPS) is 10.6. The zero-order chi connectivity index (χ0) is 16.5. The molecule has 22 heavy (non-hydrogen) atoms. The lowest BCUT2D eigenvalue weighted by Gasteiger charge is -2.24. The van der Waals surface area contributed by atoms with E-state index in [1.165, 1.54) is 0 Å². The third-order valence-electron chi connectivity index (χ3n) is 3.15. The van der Waals surface area contributed by atoms with Gasteiger partial charge in [-0.05, 0) is 31.0 Å². The Hall–Kier alpha value is -1.75. The lowest BCUT2D eigenvalue weighted by Crippen LogP contribution is -2.36. The minimum Gasteiger partial charge on any atom is -0.493 e. The van der Waals surface area contributed by atoms with Crippen molar-refractivity contribution in [3.63, 3.8) is 0 Å². The van der Waals surface area contributed by atoms with Crippen molar-refractivity contribution in [3.05, 3.63) is 23.8 Å². The number of ether oxygens (including phenoxy) is 3. The number of carbonyl (C=O) groups excluding carboxylic acids is 1. The summed E-state index contributed by atoms with van der Waals surface area (Å²) < 4.78 is 15.9. The smallest absolute Gasteiger partial charge is 0.254 e. The van der Waals surface area contributed by atoms with Crippen LogP contribution >= 0.6 is 0 Å². The Labute approximate surface area is 133 Å². The molecule has 1 aromatic carbocycles. The Kier molecular flexibility index (Phi) is 7.74. The molecule has 0 aliphatic carbocycles. The van der Waals surface area contributed by atoms with Crippen LogP contribution in [0.4, 0.5) is 0 Å². The molecule has 1 aromatic rings. The first kappa shape index (κ1) is 18.3. The summed E-state index contributed by atoms with van der Waals surface area (Å²) in [5.74, 6) is 1.59. The maximum atomic E-state index is 12.7. The average molecular weight is 309 g/mol. The van der Waals surface area contributed by atoms with Crippen molar-refractivity contribution in [1.82, 2.24) is 4.90 Å². The minimum atomic E-state index is -0.0191. The molecule has 0 aliphatic heterocycles. The van der Waals surface area contributed by atoms with Crippen LogP contribution in [0.15, 0.2) is 18.2 Å². The number of carbonyl (C=O) groups is 1. The number of hydrogen-bond acceptors (Lipinski definition) is 4. The molecule has 0 saturated carbocycles. The lowest BCUT2D eigenvalue weighted by molar-refractivity contribution is 0.0672. The first-order valence-corrected chi connectivity index (χ1v) is 7.62. The number of rotatable bonds is 9. The van der Waals surface area contributed by atoms with Crippen LogP contribution in [0.2, 0.25) is 0 Å². The molecule has 0 N–H and O–H groups in total. The minimum absolute atomic E-state index is 0.0191. The fraction of sp³-hybridized carbons (Fsp3) is 0.588. The Bertz CT molecular complexity index is 474. The summed E-state index contributed by atoms with van der Waals surface area (Å²) >= 11 is 0. The maximum Gasteiger partial charge on any atom is 0.254 e. The summed E-state index contributed by atoms with van der Waals surface area (Å²) in [5, 5.41) is 0. The fourth-order valence-electron chi connectivity index (χ4n) is 2.18. The van der Waals surface area contributed by atoms with Gasteiger partial charge in [0.1, 0.15) is 0 Å². The number of hydrogen-bond donors (Lipinski definition) is 0. The van der Waals surface area contributed by atoms with E-state index in [4.69, 9.17) is 14.2 Å². The van der Waals surface area contributed by atoms with Gasteiger partial charge in [0.05, 0.1) is 20.3 Å². The van der Waals surface area contributed by atoms with Gasteiger partial charge in [-0.25, -0.2) is 0 Å². The van der Waals surface area contributed by atoms with E-state index in [2.05, 4.69) is 13.8 Å². The molecule has 0 fully saturated rings. The molecule has 5 heteroatoms. The van der Waals surface area contributed by atoms with Gasteiger partial charge in [-0.3, -0.25) is 4.79 Å². The Morgan fingerprint density at radius 1 is 1.23 bits per heavy atom. The van der Waals surface area contributed by atoms with Crippen LogP contribution in [-0.4, -0.2) is 51.3 Å². The van der Waals surface area contributed by atoms with E-state index in [0.29, 0.717) is 49.3 Å². The molecule has 0 radical (unpaired) electrons. The predicted octanol–water partition coefficient (Wildman–Crippen LogP) is 2.84. The van der Waals surface area contributed by atoms with Crippen molar-refractivity contribution in [3.8, 4) is 11.5 Å². The van der Waals surface area contributed by atoms with Gasteiger partial charge in [0.25, 0.3) is 5.91 Å². The molecule has 0 unspecified atom stereocenters. The summed E-state index contributed by atoms with van der Waals surface area (Å²) in [6, 6.07) is 5.27. The molecule has 124 valence electrons. The van der Waals surface area contributed by atoms with Gasteiger partial charge in [-0.1, -0.05) is 13.8 Å². The predicted molar refractivity (Wildman–Crippen MR) is 86.8 cm³/mol. The van der Waals surface area contributed by atoms with E-state index in [-0.39, 0.29) is 5.91 Å². The molecule has 0 aromatic heterocycles. The molecule has 0 saturated heterocycles. The van der Waals surface area contributed by atoms with E-state index >= 15 is 0 Å². The average Bonchev–Trinajstić information content (AvgIpc) is 2.50. The number of methoxy groups -OCH3 is 2. The van der Waals surface area contributed by atoms with E-state index in [9.17, 15) is 4.79 Å². The highest BCUT2D eigenvalue weighted by Crippen LogP contribution is 2.28. The Morgan fingerprint density at radius 2 is 1.95 bits per heavy atom. The Morgan fingerprint density at radius 3 is 2.50 bits per heavy atom. The van der Waals surface area contributed by atoms with Crippen molar-refractivity contribution in [2.24, 2.45) is 5.92 Å². The monoisotopic (exact) mass is 309 g/mol. The zero-order valence-corrected chi connectivity index (χ0v) is 14.2. The molecule has 0 bridgehead atoms. The van der Waals surface area contributed by atoms with Crippen molar-refractivity contribution in [2.75, 3.05) is 40.5 Å². The molecule has 0 aliphatic rings. The second-order valence-electron chi connectivity index (χ2n) is 5.44. The van der Waals surface area contributed by atoms with Gasteiger partial charge in [0.2, 0.25) is 0 Å². The summed E-state index contributed by atoms with van der Waals surface area (Å²) in [7, 11) is 3.22. The molecular formula is C17H27NO4. The standard InChI is InChI=1S/C17H27NO4/c1-6-22-16-11-14(7-8-15(16)21-5)17(19)18(9-10-20-4)12-13(2)3/h7-8,11,13H,6,9-10,12H2,1-5H3. The Balaban J connectivity index is 2.98. The van der Waals surface area contributed by atoms with Gasteiger partial charge in [-0.2, -0.15) is 0 Å². The highest BCUT2D eigenvalue weighted by Gasteiger charge is 2.18. The van der Waals surface area contributed by atoms with Crippen LogP contribution in [0.3, 0.4) is 0 Å². The van der Waals surface area contributed by atoms with E-state index < -0.39 is 0 Å². The van der Waals surface area contributed by atoms with Crippen molar-refractivity contribution in [2.45, 2.75) is 20.8 Å². The van der Waals surface area contributed by atoms with Crippen LogP contribution in [0.25, 0.3) is 0 Å². The molecule has 1 rings (SSSR count). The molecule has 0 spiro atoms. The number of amides is 1. The van der Waals surface area contributed by atoms with Crippen LogP contribution < -0.4 is 9.47 Å². The van der Waals surface area contributed by atoms with E-state index in [1.54, 1.807) is 32.4 Å². The largest absolute Gasteiger partial charge is 0.493 e. The van der Waals surface area contributed by atoms with Crippen LogP contribution in [0.1, 0.15) is 31.1 Å². The second kappa shape index (κ2) is 9.30.